The molecule has 1 fully saturated rings. The Morgan fingerprint density at radius 2 is 1.54 bits per heavy atom. The molecular weight excluding hydrogens is 526 g/mol. The molecule has 0 aliphatic heterocycles. The van der Waals surface area contributed by atoms with Crippen molar-refractivity contribution in [2.45, 2.75) is 104 Å². The number of alkyl carbamates (subject to hydrolysis) is 1. The first-order valence-electron chi connectivity index (χ1n) is 14.5. The highest BCUT2D eigenvalue weighted by molar-refractivity contribution is 5.91. The van der Waals surface area contributed by atoms with Crippen LogP contribution in [0.2, 0.25) is 0 Å². The minimum Gasteiger partial charge on any atom is -0.467 e. The SMILES string of the molecule is COC(=O)C(NC(=O)[C@@H](NC(=O)[C@H]1CCCC1C(O)C(Cc1ccccc1)NC(=O)OC(C)(C)C)C(C)C)C(C)C. The Labute approximate surface area is 244 Å². The van der Waals surface area contributed by atoms with E-state index in [4.69, 9.17) is 9.47 Å². The number of nitrogens with one attached hydrogen (secondary N) is 3. The van der Waals surface area contributed by atoms with E-state index in [2.05, 4.69) is 16.0 Å². The number of amides is 3. The molecule has 1 aliphatic carbocycles. The maximum absolute atomic E-state index is 13.6. The molecule has 3 amide bonds. The minimum absolute atomic E-state index is 0.205. The van der Waals surface area contributed by atoms with Gasteiger partial charge >= 0.3 is 12.1 Å². The molecular formula is C31H49N3O7. The summed E-state index contributed by atoms with van der Waals surface area (Å²) in [4.78, 5) is 51.6. The predicted octanol–water partition coefficient (Wildman–Crippen LogP) is 3.35. The third kappa shape index (κ3) is 10.3. The van der Waals surface area contributed by atoms with Gasteiger partial charge in [-0.3, -0.25) is 9.59 Å². The van der Waals surface area contributed by atoms with Gasteiger partial charge in [0.05, 0.1) is 19.3 Å². The first-order valence-corrected chi connectivity index (χ1v) is 14.5. The molecule has 10 heteroatoms. The number of benzene rings is 1. The lowest BCUT2D eigenvalue weighted by Gasteiger charge is -2.33. The van der Waals surface area contributed by atoms with Crippen molar-refractivity contribution in [3.05, 3.63) is 35.9 Å². The van der Waals surface area contributed by atoms with Crippen molar-refractivity contribution in [2.24, 2.45) is 23.7 Å². The molecule has 6 atom stereocenters. The number of hydrogen-bond donors (Lipinski definition) is 4. The number of aliphatic hydroxyl groups excluding tert-OH is 1. The minimum atomic E-state index is -1.03. The summed E-state index contributed by atoms with van der Waals surface area (Å²) in [6, 6.07) is 7.08. The number of hydrogen-bond acceptors (Lipinski definition) is 7. The van der Waals surface area contributed by atoms with Gasteiger partial charge in [0.1, 0.15) is 17.7 Å². The summed E-state index contributed by atoms with van der Waals surface area (Å²) in [6.45, 7) is 12.5. The van der Waals surface area contributed by atoms with E-state index in [1.54, 1.807) is 34.6 Å². The van der Waals surface area contributed by atoms with Gasteiger partial charge in [0.25, 0.3) is 0 Å². The molecule has 0 saturated heterocycles. The third-order valence-corrected chi connectivity index (χ3v) is 7.42. The maximum Gasteiger partial charge on any atom is 0.407 e. The highest BCUT2D eigenvalue weighted by Gasteiger charge is 2.42. The highest BCUT2D eigenvalue weighted by atomic mass is 16.6. The molecule has 1 aromatic carbocycles. The van der Waals surface area contributed by atoms with Gasteiger partial charge in [-0.1, -0.05) is 64.4 Å². The normalized spacial score (nSPS) is 20.1. The quantitative estimate of drug-likeness (QED) is 0.280. The van der Waals surface area contributed by atoms with Crippen LogP contribution >= 0.6 is 0 Å². The van der Waals surface area contributed by atoms with Crippen LogP contribution in [0.4, 0.5) is 4.79 Å². The number of carbonyl (C=O) groups is 4. The molecule has 0 aromatic heterocycles. The van der Waals surface area contributed by atoms with Gasteiger partial charge in [-0.2, -0.15) is 0 Å². The van der Waals surface area contributed by atoms with Crippen LogP contribution in [-0.4, -0.2) is 65.9 Å². The lowest BCUT2D eigenvalue weighted by Crippen LogP contribution is -2.57. The number of aliphatic hydroxyl groups is 1. The number of esters is 1. The zero-order valence-electron chi connectivity index (χ0n) is 25.7. The van der Waals surface area contributed by atoms with Crippen LogP contribution < -0.4 is 16.0 Å². The third-order valence-electron chi connectivity index (χ3n) is 7.42. The molecule has 4 unspecified atom stereocenters. The summed E-state index contributed by atoms with van der Waals surface area (Å²) < 4.78 is 10.3. The number of ether oxygens (including phenoxy) is 2. The van der Waals surface area contributed by atoms with Gasteiger partial charge in [0.15, 0.2) is 0 Å². The summed E-state index contributed by atoms with van der Waals surface area (Å²) in [6.07, 6.45) is 0.543. The molecule has 0 heterocycles. The lowest BCUT2D eigenvalue weighted by molar-refractivity contribution is -0.147. The molecule has 0 radical (unpaired) electrons. The topological polar surface area (TPSA) is 143 Å². The Kier molecular flexibility index (Phi) is 12.6. The van der Waals surface area contributed by atoms with Crippen molar-refractivity contribution in [1.29, 1.82) is 0 Å². The van der Waals surface area contributed by atoms with Gasteiger partial charge in [0.2, 0.25) is 11.8 Å². The van der Waals surface area contributed by atoms with E-state index in [9.17, 15) is 24.3 Å². The van der Waals surface area contributed by atoms with E-state index < -0.39 is 59.6 Å². The maximum atomic E-state index is 13.6. The Hall–Kier alpha value is -3.14. The average Bonchev–Trinajstić information content (AvgIpc) is 3.38. The zero-order valence-corrected chi connectivity index (χ0v) is 25.7. The second-order valence-corrected chi connectivity index (χ2v) is 12.6. The first-order chi connectivity index (χ1) is 19.1. The van der Waals surface area contributed by atoms with Crippen LogP contribution in [-0.2, 0) is 30.3 Å². The summed E-state index contributed by atoms with van der Waals surface area (Å²) >= 11 is 0. The van der Waals surface area contributed by atoms with Gasteiger partial charge < -0.3 is 30.5 Å². The molecule has 10 nitrogen and oxygen atoms in total. The van der Waals surface area contributed by atoms with Crippen molar-refractivity contribution in [3.8, 4) is 0 Å². The molecule has 1 saturated carbocycles. The van der Waals surface area contributed by atoms with E-state index >= 15 is 0 Å². The van der Waals surface area contributed by atoms with E-state index in [1.165, 1.54) is 7.11 Å². The van der Waals surface area contributed by atoms with Crippen LogP contribution in [0, 0.1) is 23.7 Å². The average molecular weight is 576 g/mol. The first kappa shape index (κ1) is 34.1. The van der Waals surface area contributed by atoms with Gasteiger partial charge in [0, 0.05) is 5.92 Å². The van der Waals surface area contributed by atoms with Crippen molar-refractivity contribution >= 4 is 23.9 Å². The smallest absolute Gasteiger partial charge is 0.407 e. The van der Waals surface area contributed by atoms with Crippen molar-refractivity contribution in [1.82, 2.24) is 16.0 Å². The van der Waals surface area contributed by atoms with Crippen molar-refractivity contribution in [3.63, 3.8) is 0 Å². The molecule has 41 heavy (non-hydrogen) atoms. The van der Waals surface area contributed by atoms with E-state index in [0.717, 1.165) is 12.0 Å². The second-order valence-electron chi connectivity index (χ2n) is 12.6. The van der Waals surface area contributed by atoms with Gasteiger partial charge in [-0.15, -0.1) is 0 Å². The molecule has 0 bridgehead atoms. The zero-order chi connectivity index (χ0) is 30.9. The highest BCUT2D eigenvalue weighted by Crippen LogP contribution is 2.36. The Balaban J connectivity index is 2.21. The molecule has 1 aliphatic rings. The summed E-state index contributed by atoms with van der Waals surface area (Å²) in [5.41, 5.74) is 0.213. The van der Waals surface area contributed by atoms with Crippen molar-refractivity contribution < 1.29 is 33.8 Å². The summed E-state index contributed by atoms with van der Waals surface area (Å²) in [5, 5.41) is 20.0. The Morgan fingerprint density at radius 3 is 2.07 bits per heavy atom. The molecule has 2 rings (SSSR count). The van der Waals surface area contributed by atoms with Gasteiger partial charge in [-0.05, 0) is 63.4 Å². The lowest BCUT2D eigenvalue weighted by atomic mass is 9.84. The van der Waals surface area contributed by atoms with Crippen LogP contribution in [0.5, 0.6) is 0 Å². The fourth-order valence-corrected chi connectivity index (χ4v) is 5.27. The fraction of sp³-hybridized carbons (Fsp3) is 0.677. The largest absolute Gasteiger partial charge is 0.467 e. The van der Waals surface area contributed by atoms with E-state index in [0.29, 0.717) is 19.3 Å². The standard InChI is InChI=1S/C31H49N3O7/c1-18(2)24(28(37)34-25(19(3)4)29(38)40-8)33-27(36)22-16-12-15-21(22)26(35)23(17-20-13-10-9-11-14-20)32-30(39)41-31(5,6)7/h9-11,13-14,18-19,21-26,35H,12,15-17H2,1-8H3,(H,32,39)(H,33,36)(H,34,37)/t21?,22-,23?,24-,25?,26?/m0/s1. The van der Waals surface area contributed by atoms with Gasteiger partial charge in [-0.25, -0.2) is 9.59 Å². The monoisotopic (exact) mass is 575 g/mol. The fourth-order valence-electron chi connectivity index (χ4n) is 5.27. The number of methoxy groups -OCH3 is 1. The number of carbonyl (C=O) groups excluding carboxylic acids is 4. The van der Waals surface area contributed by atoms with Crippen LogP contribution in [0.1, 0.15) is 73.3 Å². The Morgan fingerprint density at radius 1 is 0.927 bits per heavy atom. The molecule has 230 valence electrons. The Bertz CT molecular complexity index is 1020. The van der Waals surface area contributed by atoms with Crippen molar-refractivity contribution in [2.75, 3.05) is 7.11 Å². The second kappa shape index (κ2) is 15.2. The molecule has 0 spiro atoms. The number of rotatable bonds is 12. The molecule has 1 aromatic rings. The van der Waals surface area contributed by atoms with Crippen LogP contribution in [0.3, 0.4) is 0 Å². The summed E-state index contributed by atoms with van der Waals surface area (Å²) in [5.74, 6) is -2.82. The van der Waals surface area contributed by atoms with Crippen LogP contribution in [0.15, 0.2) is 30.3 Å². The molecule has 4 N–H and O–H groups in total. The van der Waals surface area contributed by atoms with E-state index in [1.807, 2.05) is 44.2 Å². The van der Waals surface area contributed by atoms with Crippen LogP contribution in [0.25, 0.3) is 0 Å². The summed E-state index contributed by atoms with van der Waals surface area (Å²) in [7, 11) is 1.26. The van der Waals surface area contributed by atoms with E-state index in [-0.39, 0.29) is 17.7 Å². The predicted molar refractivity (Wildman–Crippen MR) is 156 cm³/mol.